The minimum Gasteiger partial charge on any atom is -0.543 e. The van der Waals surface area contributed by atoms with Crippen molar-refractivity contribution in [1.82, 2.24) is 25.3 Å². The van der Waals surface area contributed by atoms with Gasteiger partial charge in [-0.3, -0.25) is 0 Å². The number of aromatic carboxylic acids is 1. The fourth-order valence-electron chi connectivity index (χ4n) is 2.52. The van der Waals surface area contributed by atoms with Crippen LogP contribution < -0.4 is 15.7 Å². The predicted octanol–water partition coefficient (Wildman–Crippen LogP) is -1.42. The van der Waals surface area contributed by atoms with Crippen LogP contribution in [0, 0.1) is 0 Å². The highest BCUT2D eigenvalue weighted by Crippen LogP contribution is 2.14. The molecule has 3 N–H and O–H groups in total. The van der Waals surface area contributed by atoms with Crippen LogP contribution >= 0.6 is 0 Å². The number of carboxylic acid groups (broad SMARTS) is 1. The van der Waals surface area contributed by atoms with Gasteiger partial charge < -0.3 is 20.5 Å². The molecule has 0 aliphatic heterocycles. The molecule has 24 heavy (non-hydrogen) atoms. The third kappa shape index (κ3) is 4.07. The fourth-order valence-corrected chi connectivity index (χ4v) is 2.52. The zero-order valence-electron chi connectivity index (χ0n) is 14.0. The number of carboxylic acids is 1. The molecule has 132 valence electrons. The fraction of sp³-hybridized carbons (Fsp3) is 0.643. The minimum atomic E-state index is -1.38. The highest BCUT2D eigenvalue weighted by molar-refractivity contribution is 5.84. The second-order valence-corrected chi connectivity index (χ2v) is 5.69. The first kappa shape index (κ1) is 17.9. The molecule has 0 bridgehead atoms. The molecule has 2 rings (SSSR count). The topological polar surface area (TPSA) is 140 Å². The first-order valence-electron chi connectivity index (χ1n) is 8.16. The number of rotatable bonds is 10. The number of quaternary nitrogens is 1. The van der Waals surface area contributed by atoms with Gasteiger partial charge in [0.25, 0.3) is 0 Å². The molecular formula is C14H23N7O3. The average molecular weight is 337 g/mol. The summed E-state index contributed by atoms with van der Waals surface area (Å²) in [4.78, 5) is 12.6. The van der Waals surface area contributed by atoms with Gasteiger partial charge in [0.15, 0.2) is 0 Å². The van der Waals surface area contributed by atoms with Gasteiger partial charge >= 0.3 is 0 Å². The standard InChI is InChI=1S/C14H23N7O3/c1-3-5-7-20(8-6-4-2)9-10-11(14(22)23)16-19-21(10)13-12(15)17-24-18-13/h3-9H2,1-2H3,(H2,15,17)(H,22,23). The van der Waals surface area contributed by atoms with Crippen molar-refractivity contribution in [2.24, 2.45) is 0 Å². The lowest BCUT2D eigenvalue weighted by Gasteiger charge is -2.19. The molecule has 0 saturated heterocycles. The van der Waals surface area contributed by atoms with Crippen molar-refractivity contribution < 1.29 is 19.4 Å². The minimum absolute atomic E-state index is 0.0229. The zero-order valence-corrected chi connectivity index (χ0v) is 14.0. The van der Waals surface area contributed by atoms with Crippen molar-refractivity contribution in [3.05, 3.63) is 11.4 Å². The average Bonchev–Trinajstić information content (AvgIpc) is 3.15. The van der Waals surface area contributed by atoms with Crippen LogP contribution in [0.3, 0.4) is 0 Å². The number of aromatic nitrogens is 5. The molecule has 10 nitrogen and oxygen atoms in total. The lowest BCUT2D eigenvalue weighted by molar-refractivity contribution is -0.914. The molecule has 0 amide bonds. The molecule has 0 unspecified atom stereocenters. The van der Waals surface area contributed by atoms with E-state index in [0.717, 1.165) is 38.8 Å². The zero-order chi connectivity index (χ0) is 17.5. The maximum absolute atomic E-state index is 11.4. The number of anilines is 1. The maximum atomic E-state index is 11.4. The van der Waals surface area contributed by atoms with E-state index in [0.29, 0.717) is 12.2 Å². The Kier molecular flexibility index (Phi) is 6.24. The van der Waals surface area contributed by atoms with E-state index < -0.39 is 5.97 Å². The second-order valence-electron chi connectivity index (χ2n) is 5.69. The summed E-state index contributed by atoms with van der Waals surface area (Å²) in [6, 6.07) is 0. The summed E-state index contributed by atoms with van der Waals surface area (Å²) in [6.45, 7) is 6.54. The Balaban J connectivity index is 2.33. The van der Waals surface area contributed by atoms with Crippen LogP contribution in [0.15, 0.2) is 4.63 Å². The van der Waals surface area contributed by atoms with E-state index in [1.807, 2.05) is 0 Å². The van der Waals surface area contributed by atoms with Crippen LogP contribution in [-0.4, -0.2) is 44.4 Å². The summed E-state index contributed by atoms with van der Waals surface area (Å²) in [6.07, 6.45) is 4.24. The molecule has 2 heterocycles. The van der Waals surface area contributed by atoms with Crippen molar-refractivity contribution >= 4 is 11.8 Å². The normalized spacial score (nSPS) is 11.3. The van der Waals surface area contributed by atoms with Gasteiger partial charge in [-0.15, -0.1) is 5.10 Å². The number of nitrogens with zero attached hydrogens (tertiary/aromatic N) is 5. The van der Waals surface area contributed by atoms with Crippen LogP contribution in [0.5, 0.6) is 0 Å². The number of nitrogen functional groups attached to an aromatic ring is 1. The van der Waals surface area contributed by atoms with Crippen molar-refractivity contribution in [3.8, 4) is 5.82 Å². The third-order valence-corrected chi connectivity index (χ3v) is 3.84. The first-order valence-corrected chi connectivity index (χ1v) is 8.16. The molecule has 2 aromatic rings. The van der Waals surface area contributed by atoms with E-state index in [1.54, 1.807) is 0 Å². The lowest BCUT2D eigenvalue weighted by atomic mass is 10.2. The predicted molar refractivity (Wildman–Crippen MR) is 82.2 cm³/mol. The van der Waals surface area contributed by atoms with Crippen molar-refractivity contribution in [2.75, 3.05) is 18.8 Å². The quantitative estimate of drug-likeness (QED) is 0.538. The summed E-state index contributed by atoms with van der Waals surface area (Å²) in [5.74, 6) is -1.22. The largest absolute Gasteiger partial charge is 0.543 e. The Morgan fingerprint density at radius 3 is 2.42 bits per heavy atom. The van der Waals surface area contributed by atoms with E-state index in [2.05, 4.69) is 39.1 Å². The summed E-state index contributed by atoms with van der Waals surface area (Å²) >= 11 is 0. The lowest BCUT2D eigenvalue weighted by Crippen LogP contribution is -3.10. The van der Waals surface area contributed by atoms with Gasteiger partial charge in [-0.2, -0.15) is 4.68 Å². The molecule has 10 heteroatoms. The Morgan fingerprint density at radius 1 is 1.25 bits per heavy atom. The third-order valence-electron chi connectivity index (χ3n) is 3.84. The molecule has 0 atom stereocenters. The van der Waals surface area contributed by atoms with Gasteiger partial charge in [0, 0.05) is 0 Å². The number of carbonyl (C=O) groups excluding carboxylic acids is 1. The Morgan fingerprint density at radius 2 is 1.92 bits per heavy atom. The first-order chi connectivity index (χ1) is 11.6. The van der Waals surface area contributed by atoms with Crippen LogP contribution in [0.4, 0.5) is 5.82 Å². The molecule has 0 saturated carbocycles. The van der Waals surface area contributed by atoms with E-state index in [4.69, 9.17) is 5.73 Å². The van der Waals surface area contributed by atoms with E-state index in [9.17, 15) is 9.90 Å². The summed E-state index contributed by atoms with van der Waals surface area (Å²) in [5, 5.41) is 26.1. The van der Waals surface area contributed by atoms with Crippen LogP contribution in [-0.2, 0) is 6.54 Å². The number of nitrogens with two attached hydrogens (primary N) is 1. The number of carbonyl (C=O) groups is 1. The molecule has 0 radical (unpaired) electrons. The second kappa shape index (κ2) is 8.39. The van der Waals surface area contributed by atoms with Crippen molar-refractivity contribution in [3.63, 3.8) is 0 Å². The van der Waals surface area contributed by atoms with Gasteiger partial charge in [0.1, 0.15) is 17.9 Å². The number of hydrogen-bond donors (Lipinski definition) is 2. The Labute approximate surface area is 139 Å². The molecule has 2 aromatic heterocycles. The Bertz CT molecular complexity index is 659. The smallest absolute Gasteiger partial charge is 0.243 e. The van der Waals surface area contributed by atoms with Crippen molar-refractivity contribution in [1.29, 1.82) is 0 Å². The molecule has 0 aliphatic rings. The molecule has 0 fully saturated rings. The van der Waals surface area contributed by atoms with Gasteiger partial charge in [-0.25, -0.2) is 4.63 Å². The van der Waals surface area contributed by atoms with Crippen molar-refractivity contribution in [2.45, 2.75) is 46.1 Å². The summed E-state index contributed by atoms with van der Waals surface area (Å²) < 4.78 is 5.85. The van der Waals surface area contributed by atoms with E-state index >= 15 is 0 Å². The number of unbranched alkanes of at least 4 members (excludes halogenated alkanes) is 2. The van der Waals surface area contributed by atoms with E-state index in [1.165, 1.54) is 9.58 Å². The number of nitrogens with one attached hydrogen (secondary N) is 1. The number of hydrogen-bond acceptors (Lipinski definition) is 8. The summed E-state index contributed by atoms with van der Waals surface area (Å²) in [7, 11) is 0. The summed E-state index contributed by atoms with van der Waals surface area (Å²) in [5.41, 5.74) is 5.88. The SMILES string of the molecule is CCCC[NH+](CCCC)Cc1c(C(=O)[O-])nnn1-c1nonc1N. The monoisotopic (exact) mass is 337 g/mol. The molecule has 0 aromatic carbocycles. The van der Waals surface area contributed by atoms with Gasteiger partial charge in [0.2, 0.25) is 11.6 Å². The molecule has 0 spiro atoms. The van der Waals surface area contributed by atoms with Crippen LogP contribution in [0.1, 0.15) is 55.7 Å². The van der Waals surface area contributed by atoms with E-state index in [-0.39, 0.29) is 17.3 Å². The Hall–Kier alpha value is -2.49. The highest BCUT2D eigenvalue weighted by Gasteiger charge is 2.23. The maximum Gasteiger partial charge on any atom is 0.243 e. The molecule has 0 aliphatic carbocycles. The van der Waals surface area contributed by atoms with Crippen LogP contribution in [0.25, 0.3) is 5.82 Å². The highest BCUT2D eigenvalue weighted by atomic mass is 16.6. The van der Waals surface area contributed by atoms with Gasteiger partial charge in [-0.1, -0.05) is 31.9 Å². The van der Waals surface area contributed by atoms with Gasteiger partial charge in [-0.05, 0) is 23.2 Å². The van der Waals surface area contributed by atoms with Gasteiger partial charge in [0.05, 0.1) is 19.1 Å². The molecular weight excluding hydrogens is 314 g/mol. The van der Waals surface area contributed by atoms with Crippen LogP contribution in [0.2, 0.25) is 0 Å².